The Morgan fingerprint density at radius 1 is 0.750 bits per heavy atom. The number of hydrogen-bond donors (Lipinski definition) is 0. The van der Waals surface area contributed by atoms with E-state index in [2.05, 4.69) is 58.4 Å². The van der Waals surface area contributed by atoms with Gasteiger partial charge in [0, 0.05) is 44.5 Å². The van der Waals surface area contributed by atoms with Crippen LogP contribution in [0.4, 0.5) is 4.79 Å². The standard InChI is InChI=1S/C27H26N4O/c32-27(31-20-26(28-21-31)24-11-5-2-6-12-24)30-16-14-29(15-17-30)19-22-8-7-13-25(18-22)23-9-3-1-4-10-23/h1-13,18,20-21H,14-17,19H2. The molecule has 0 saturated carbocycles. The van der Waals surface area contributed by atoms with E-state index >= 15 is 0 Å². The van der Waals surface area contributed by atoms with E-state index in [4.69, 9.17) is 0 Å². The fourth-order valence-electron chi connectivity index (χ4n) is 4.18. The molecule has 0 atom stereocenters. The van der Waals surface area contributed by atoms with Crippen molar-refractivity contribution in [2.75, 3.05) is 26.2 Å². The van der Waals surface area contributed by atoms with E-state index in [-0.39, 0.29) is 6.03 Å². The molecule has 160 valence electrons. The Hall–Kier alpha value is -3.70. The first-order valence-electron chi connectivity index (χ1n) is 11.0. The molecule has 1 aromatic heterocycles. The van der Waals surface area contributed by atoms with Crippen LogP contribution in [0.5, 0.6) is 0 Å². The van der Waals surface area contributed by atoms with Crippen LogP contribution in [0.2, 0.25) is 0 Å². The van der Waals surface area contributed by atoms with E-state index in [1.165, 1.54) is 16.7 Å². The van der Waals surface area contributed by atoms with Crippen LogP contribution in [-0.4, -0.2) is 51.6 Å². The highest BCUT2D eigenvalue weighted by Gasteiger charge is 2.22. The average Bonchev–Trinajstić information content (AvgIpc) is 3.36. The molecule has 0 bridgehead atoms. The van der Waals surface area contributed by atoms with Gasteiger partial charge in [-0.05, 0) is 22.8 Å². The Morgan fingerprint density at radius 3 is 2.12 bits per heavy atom. The first-order chi connectivity index (χ1) is 15.8. The summed E-state index contributed by atoms with van der Waals surface area (Å²) in [5.74, 6) is 0. The summed E-state index contributed by atoms with van der Waals surface area (Å²) in [5.41, 5.74) is 5.61. The van der Waals surface area contributed by atoms with Gasteiger partial charge in [-0.1, -0.05) is 78.9 Å². The summed E-state index contributed by atoms with van der Waals surface area (Å²) in [4.78, 5) is 21.7. The molecule has 0 unspecified atom stereocenters. The number of rotatable bonds is 4. The van der Waals surface area contributed by atoms with Gasteiger partial charge in [-0.15, -0.1) is 0 Å². The lowest BCUT2D eigenvalue weighted by atomic mass is 10.0. The van der Waals surface area contributed by atoms with Crippen molar-refractivity contribution in [1.82, 2.24) is 19.4 Å². The molecule has 4 aromatic rings. The lowest BCUT2D eigenvalue weighted by Crippen LogP contribution is -2.49. The van der Waals surface area contributed by atoms with Gasteiger partial charge in [0.2, 0.25) is 0 Å². The van der Waals surface area contributed by atoms with Gasteiger partial charge in [0.05, 0.1) is 5.69 Å². The fourth-order valence-corrected chi connectivity index (χ4v) is 4.18. The smallest absolute Gasteiger partial charge is 0.321 e. The van der Waals surface area contributed by atoms with Crippen molar-refractivity contribution >= 4 is 6.03 Å². The van der Waals surface area contributed by atoms with E-state index < -0.39 is 0 Å². The summed E-state index contributed by atoms with van der Waals surface area (Å²) >= 11 is 0. The minimum atomic E-state index is -0.00888. The molecular weight excluding hydrogens is 396 g/mol. The summed E-state index contributed by atoms with van der Waals surface area (Å²) in [6.45, 7) is 4.06. The molecule has 1 fully saturated rings. The minimum absolute atomic E-state index is 0.00888. The molecule has 1 saturated heterocycles. The van der Waals surface area contributed by atoms with Crippen molar-refractivity contribution < 1.29 is 4.79 Å². The van der Waals surface area contributed by atoms with Crippen LogP contribution in [0, 0.1) is 0 Å². The summed E-state index contributed by atoms with van der Waals surface area (Å²) in [6, 6.07) is 29.1. The van der Waals surface area contributed by atoms with Crippen molar-refractivity contribution in [3.63, 3.8) is 0 Å². The number of aromatic nitrogens is 2. The van der Waals surface area contributed by atoms with Crippen molar-refractivity contribution in [1.29, 1.82) is 0 Å². The maximum atomic E-state index is 12.9. The zero-order valence-corrected chi connectivity index (χ0v) is 18.0. The van der Waals surface area contributed by atoms with Gasteiger partial charge in [0.25, 0.3) is 0 Å². The maximum Gasteiger partial charge on any atom is 0.329 e. The lowest BCUT2D eigenvalue weighted by molar-refractivity contribution is 0.136. The molecule has 1 aliphatic rings. The normalized spacial score (nSPS) is 14.4. The van der Waals surface area contributed by atoms with Gasteiger partial charge in [0.1, 0.15) is 6.33 Å². The molecule has 5 rings (SSSR count). The molecule has 0 spiro atoms. The fraction of sp³-hybridized carbons (Fsp3) is 0.185. The minimum Gasteiger partial charge on any atom is -0.321 e. The molecule has 1 amide bonds. The van der Waals surface area contributed by atoms with Crippen LogP contribution in [0.25, 0.3) is 22.4 Å². The zero-order valence-electron chi connectivity index (χ0n) is 18.0. The van der Waals surface area contributed by atoms with Gasteiger partial charge in [-0.3, -0.25) is 9.47 Å². The third-order valence-electron chi connectivity index (χ3n) is 5.96. The molecule has 3 aromatic carbocycles. The van der Waals surface area contributed by atoms with Crippen LogP contribution in [0.3, 0.4) is 0 Å². The number of nitrogens with zero attached hydrogens (tertiary/aromatic N) is 4. The van der Waals surface area contributed by atoms with E-state index in [1.807, 2.05) is 47.5 Å². The number of carbonyl (C=O) groups excluding carboxylic acids is 1. The Morgan fingerprint density at radius 2 is 1.41 bits per heavy atom. The van der Waals surface area contributed by atoms with Crippen molar-refractivity contribution in [3.05, 3.63) is 103 Å². The molecule has 2 heterocycles. The monoisotopic (exact) mass is 422 g/mol. The molecule has 5 heteroatoms. The Labute approximate surface area is 188 Å². The number of hydrogen-bond acceptors (Lipinski definition) is 3. The topological polar surface area (TPSA) is 41.4 Å². The second-order valence-corrected chi connectivity index (χ2v) is 8.14. The highest BCUT2D eigenvalue weighted by atomic mass is 16.2. The van der Waals surface area contributed by atoms with Crippen molar-refractivity contribution in [2.24, 2.45) is 0 Å². The number of carbonyl (C=O) groups is 1. The molecule has 0 aliphatic carbocycles. The Balaban J connectivity index is 1.19. The predicted molar refractivity (Wildman–Crippen MR) is 127 cm³/mol. The molecule has 0 radical (unpaired) electrons. The van der Waals surface area contributed by atoms with Crippen LogP contribution in [-0.2, 0) is 6.54 Å². The third-order valence-corrected chi connectivity index (χ3v) is 5.96. The predicted octanol–water partition coefficient (Wildman–Crippen LogP) is 5.00. The van der Waals surface area contributed by atoms with E-state index in [1.54, 1.807) is 10.9 Å². The summed E-state index contributed by atoms with van der Waals surface area (Å²) < 4.78 is 1.60. The average molecular weight is 423 g/mol. The largest absolute Gasteiger partial charge is 0.329 e. The molecule has 1 aliphatic heterocycles. The van der Waals surface area contributed by atoms with Gasteiger partial charge >= 0.3 is 6.03 Å². The molecular formula is C27H26N4O. The third kappa shape index (κ3) is 4.48. The van der Waals surface area contributed by atoms with E-state index in [0.717, 1.165) is 44.0 Å². The van der Waals surface area contributed by atoms with Crippen molar-refractivity contribution in [2.45, 2.75) is 6.54 Å². The van der Waals surface area contributed by atoms with Gasteiger partial charge in [-0.25, -0.2) is 9.78 Å². The first kappa shape index (κ1) is 20.2. The molecule has 32 heavy (non-hydrogen) atoms. The molecule has 5 nitrogen and oxygen atoms in total. The summed E-state index contributed by atoms with van der Waals surface area (Å²) in [7, 11) is 0. The van der Waals surface area contributed by atoms with E-state index in [0.29, 0.717) is 0 Å². The highest BCUT2D eigenvalue weighted by Crippen LogP contribution is 2.21. The zero-order chi connectivity index (χ0) is 21.8. The van der Waals surface area contributed by atoms with Gasteiger partial charge in [0.15, 0.2) is 0 Å². The van der Waals surface area contributed by atoms with Crippen molar-refractivity contribution in [3.8, 4) is 22.4 Å². The quantitative estimate of drug-likeness (QED) is 0.465. The van der Waals surface area contributed by atoms with Crippen LogP contribution in [0.1, 0.15) is 5.56 Å². The number of piperazine rings is 1. The van der Waals surface area contributed by atoms with Crippen LogP contribution >= 0.6 is 0 Å². The second-order valence-electron chi connectivity index (χ2n) is 8.14. The SMILES string of the molecule is O=C(N1CCN(Cc2cccc(-c3ccccc3)c2)CC1)n1cnc(-c2ccccc2)c1. The summed E-state index contributed by atoms with van der Waals surface area (Å²) in [5, 5.41) is 0. The number of benzene rings is 3. The first-order valence-corrected chi connectivity index (χ1v) is 11.0. The van der Waals surface area contributed by atoms with E-state index in [9.17, 15) is 4.79 Å². The number of amides is 1. The summed E-state index contributed by atoms with van der Waals surface area (Å²) in [6.07, 6.45) is 3.44. The Bertz CT molecular complexity index is 1180. The van der Waals surface area contributed by atoms with Crippen LogP contribution in [0.15, 0.2) is 97.5 Å². The van der Waals surface area contributed by atoms with Gasteiger partial charge < -0.3 is 4.90 Å². The lowest BCUT2D eigenvalue weighted by Gasteiger charge is -2.34. The van der Waals surface area contributed by atoms with Crippen LogP contribution < -0.4 is 0 Å². The van der Waals surface area contributed by atoms with Gasteiger partial charge in [-0.2, -0.15) is 0 Å². The number of imidazole rings is 1. The Kier molecular flexibility index (Phi) is 5.81. The molecule has 0 N–H and O–H groups in total. The maximum absolute atomic E-state index is 12.9. The highest BCUT2D eigenvalue weighted by molar-refractivity contribution is 5.78. The second kappa shape index (κ2) is 9.20.